The fourth-order valence-corrected chi connectivity index (χ4v) is 3.98. The molecular formula is C27H23O. The van der Waals surface area contributed by atoms with Crippen LogP contribution in [0.25, 0.3) is 0 Å². The Labute approximate surface area is 167 Å². The van der Waals surface area contributed by atoms with Gasteiger partial charge in [-0.3, -0.25) is 0 Å². The van der Waals surface area contributed by atoms with Crippen LogP contribution in [-0.4, -0.2) is 6.61 Å². The predicted octanol–water partition coefficient (Wildman–Crippen LogP) is 6.28. The van der Waals surface area contributed by atoms with Crippen molar-refractivity contribution in [2.24, 2.45) is 0 Å². The fraction of sp³-hybridized carbons (Fsp3) is 0.0741. The molecule has 0 aliphatic rings. The van der Waals surface area contributed by atoms with Crippen LogP contribution in [-0.2, 0) is 5.41 Å². The van der Waals surface area contributed by atoms with E-state index in [4.69, 9.17) is 4.74 Å². The second kappa shape index (κ2) is 8.14. The van der Waals surface area contributed by atoms with Crippen molar-refractivity contribution in [1.82, 2.24) is 0 Å². The van der Waals surface area contributed by atoms with Crippen molar-refractivity contribution in [3.8, 4) is 5.75 Å². The van der Waals surface area contributed by atoms with Gasteiger partial charge in [-0.15, -0.1) is 0 Å². The Hall–Kier alpha value is -3.32. The zero-order valence-corrected chi connectivity index (χ0v) is 15.8. The minimum Gasteiger partial charge on any atom is -0.494 e. The molecule has 1 nitrogen and oxygen atoms in total. The Morgan fingerprint density at radius 2 is 0.857 bits per heavy atom. The van der Waals surface area contributed by atoms with Gasteiger partial charge in [-0.05, 0) is 41.3 Å². The molecule has 1 radical (unpaired) electrons. The number of ether oxygens (including phenoxy) is 1. The van der Waals surface area contributed by atoms with Gasteiger partial charge in [0.2, 0.25) is 0 Å². The molecule has 0 N–H and O–H groups in total. The van der Waals surface area contributed by atoms with Crippen molar-refractivity contribution in [3.05, 3.63) is 144 Å². The number of hydrogen-bond donors (Lipinski definition) is 0. The lowest BCUT2D eigenvalue weighted by Gasteiger charge is -2.36. The van der Waals surface area contributed by atoms with Gasteiger partial charge in [0.1, 0.15) is 5.75 Å². The van der Waals surface area contributed by atoms with Crippen LogP contribution in [0.5, 0.6) is 5.75 Å². The van der Waals surface area contributed by atoms with Crippen LogP contribution in [0.1, 0.15) is 22.3 Å². The molecule has 0 bridgehead atoms. The standard InChI is InChI=1S/C27H23O/c1-2-28-26-20-18-25(19-21-26)27(22-12-6-3-7-13-22,23-14-8-4-9-15-23)24-16-10-5-11-17-24/h3-21H,1-2H2. The quantitative estimate of drug-likeness (QED) is 0.366. The van der Waals surface area contributed by atoms with E-state index in [0.717, 1.165) is 5.75 Å². The molecule has 137 valence electrons. The first-order valence-electron chi connectivity index (χ1n) is 9.55. The normalized spacial score (nSPS) is 11.2. The third kappa shape index (κ3) is 3.20. The second-order valence-corrected chi connectivity index (χ2v) is 6.72. The summed E-state index contributed by atoms with van der Waals surface area (Å²) in [6.45, 7) is 4.19. The average molecular weight is 363 g/mol. The Morgan fingerprint density at radius 1 is 0.500 bits per heavy atom. The Bertz CT molecular complexity index is 894. The first kappa shape index (κ1) is 18.1. The highest BCUT2D eigenvalue weighted by molar-refractivity contribution is 5.60. The van der Waals surface area contributed by atoms with E-state index >= 15 is 0 Å². The lowest BCUT2D eigenvalue weighted by molar-refractivity contribution is 0.361. The maximum absolute atomic E-state index is 5.58. The number of rotatable bonds is 6. The first-order chi connectivity index (χ1) is 13.9. The molecule has 0 atom stereocenters. The van der Waals surface area contributed by atoms with E-state index in [2.05, 4.69) is 110 Å². The van der Waals surface area contributed by atoms with Gasteiger partial charge in [-0.1, -0.05) is 103 Å². The van der Waals surface area contributed by atoms with Crippen molar-refractivity contribution in [2.45, 2.75) is 5.41 Å². The van der Waals surface area contributed by atoms with Crippen LogP contribution < -0.4 is 4.74 Å². The fourth-order valence-electron chi connectivity index (χ4n) is 3.98. The van der Waals surface area contributed by atoms with E-state index in [-0.39, 0.29) is 0 Å². The molecule has 0 amide bonds. The second-order valence-electron chi connectivity index (χ2n) is 6.72. The molecule has 0 spiro atoms. The van der Waals surface area contributed by atoms with Crippen molar-refractivity contribution in [2.75, 3.05) is 6.61 Å². The van der Waals surface area contributed by atoms with Gasteiger partial charge in [-0.2, -0.15) is 0 Å². The van der Waals surface area contributed by atoms with Crippen LogP contribution in [0, 0.1) is 6.92 Å². The maximum Gasteiger partial charge on any atom is 0.119 e. The maximum atomic E-state index is 5.58. The molecule has 0 heterocycles. The highest BCUT2D eigenvalue weighted by Gasteiger charge is 2.38. The summed E-state index contributed by atoms with van der Waals surface area (Å²) in [6, 6.07) is 40.5. The highest BCUT2D eigenvalue weighted by Crippen LogP contribution is 2.45. The van der Waals surface area contributed by atoms with Crippen LogP contribution >= 0.6 is 0 Å². The first-order valence-corrected chi connectivity index (χ1v) is 9.55. The zero-order valence-electron chi connectivity index (χ0n) is 15.8. The average Bonchev–Trinajstić information content (AvgIpc) is 2.78. The molecule has 0 aromatic heterocycles. The third-order valence-electron chi connectivity index (χ3n) is 5.18. The van der Waals surface area contributed by atoms with Crippen LogP contribution in [0.3, 0.4) is 0 Å². The summed E-state index contributed by atoms with van der Waals surface area (Å²) in [7, 11) is 0. The lowest BCUT2D eigenvalue weighted by Crippen LogP contribution is -2.30. The topological polar surface area (TPSA) is 9.23 Å². The van der Waals surface area contributed by atoms with Crippen LogP contribution in [0.15, 0.2) is 115 Å². The smallest absolute Gasteiger partial charge is 0.119 e. The molecule has 28 heavy (non-hydrogen) atoms. The molecule has 1 heteroatoms. The summed E-state index contributed by atoms with van der Waals surface area (Å²) in [6.07, 6.45) is 0. The SMILES string of the molecule is [CH2]COc1ccc(C(c2ccccc2)(c2ccccc2)c2ccccc2)cc1. The molecule has 0 aliphatic heterocycles. The van der Waals surface area contributed by atoms with Crippen molar-refractivity contribution in [3.63, 3.8) is 0 Å². The summed E-state index contributed by atoms with van der Waals surface area (Å²) in [5.74, 6) is 0.835. The van der Waals surface area contributed by atoms with Gasteiger partial charge >= 0.3 is 0 Å². The highest BCUT2D eigenvalue weighted by atomic mass is 16.5. The summed E-state index contributed by atoms with van der Waals surface area (Å²) < 4.78 is 5.58. The van der Waals surface area contributed by atoms with Gasteiger partial charge in [0.05, 0.1) is 12.0 Å². The minimum absolute atomic E-state index is 0.410. The van der Waals surface area contributed by atoms with E-state index in [9.17, 15) is 0 Å². The van der Waals surface area contributed by atoms with Crippen molar-refractivity contribution < 1.29 is 4.74 Å². The summed E-state index contributed by atoms with van der Waals surface area (Å²) in [5, 5.41) is 0. The molecule has 0 saturated carbocycles. The van der Waals surface area contributed by atoms with E-state index < -0.39 is 5.41 Å². The van der Waals surface area contributed by atoms with Gasteiger partial charge in [0.15, 0.2) is 0 Å². The minimum atomic E-state index is -0.410. The van der Waals surface area contributed by atoms with Gasteiger partial charge < -0.3 is 4.74 Å². The zero-order chi connectivity index (χ0) is 19.2. The monoisotopic (exact) mass is 363 g/mol. The molecule has 4 aromatic carbocycles. The molecule has 0 aliphatic carbocycles. The number of benzene rings is 4. The van der Waals surface area contributed by atoms with E-state index in [1.54, 1.807) is 0 Å². The van der Waals surface area contributed by atoms with Gasteiger partial charge in [0, 0.05) is 0 Å². The molecule has 4 rings (SSSR count). The Kier molecular flexibility index (Phi) is 5.25. The summed E-state index contributed by atoms with van der Waals surface area (Å²) >= 11 is 0. The molecule has 4 aromatic rings. The van der Waals surface area contributed by atoms with Crippen LogP contribution in [0.2, 0.25) is 0 Å². The Balaban J connectivity index is 2.04. The number of hydrogen-bond acceptors (Lipinski definition) is 1. The third-order valence-corrected chi connectivity index (χ3v) is 5.18. The van der Waals surface area contributed by atoms with E-state index in [0.29, 0.717) is 6.61 Å². The predicted molar refractivity (Wildman–Crippen MR) is 116 cm³/mol. The lowest BCUT2D eigenvalue weighted by atomic mass is 9.65. The van der Waals surface area contributed by atoms with E-state index in [1.807, 2.05) is 12.1 Å². The van der Waals surface area contributed by atoms with Gasteiger partial charge in [-0.25, -0.2) is 0 Å². The molecule has 0 saturated heterocycles. The van der Waals surface area contributed by atoms with Crippen molar-refractivity contribution >= 4 is 0 Å². The van der Waals surface area contributed by atoms with E-state index in [1.165, 1.54) is 22.3 Å². The molecule has 0 fully saturated rings. The Morgan fingerprint density at radius 3 is 1.21 bits per heavy atom. The molecular weight excluding hydrogens is 340 g/mol. The summed E-state index contributed by atoms with van der Waals surface area (Å²) in [5.41, 5.74) is 4.49. The molecule has 0 unspecified atom stereocenters. The van der Waals surface area contributed by atoms with Gasteiger partial charge in [0.25, 0.3) is 0 Å². The largest absolute Gasteiger partial charge is 0.494 e. The van der Waals surface area contributed by atoms with Crippen LogP contribution in [0.4, 0.5) is 0 Å². The summed E-state index contributed by atoms with van der Waals surface area (Å²) in [4.78, 5) is 0. The van der Waals surface area contributed by atoms with Crippen molar-refractivity contribution in [1.29, 1.82) is 0 Å².